The highest BCUT2D eigenvalue weighted by molar-refractivity contribution is 6.04. The summed E-state index contributed by atoms with van der Waals surface area (Å²) < 4.78 is 0. The molecule has 0 aliphatic carbocycles. The van der Waals surface area contributed by atoms with E-state index in [4.69, 9.17) is 0 Å². The van der Waals surface area contributed by atoms with Gasteiger partial charge in [-0.3, -0.25) is 19.9 Å². The molecule has 0 unspecified atom stereocenters. The third-order valence-corrected chi connectivity index (χ3v) is 4.82. The van der Waals surface area contributed by atoms with Crippen molar-refractivity contribution in [3.8, 4) is 0 Å². The van der Waals surface area contributed by atoms with Crippen LogP contribution in [0.3, 0.4) is 0 Å². The first-order valence-corrected chi connectivity index (χ1v) is 8.34. The van der Waals surface area contributed by atoms with E-state index in [-0.39, 0.29) is 12.3 Å². The van der Waals surface area contributed by atoms with Crippen LogP contribution in [-0.2, 0) is 4.79 Å². The quantitative estimate of drug-likeness (QED) is 0.735. The Hall–Kier alpha value is -2.26. The zero-order valence-corrected chi connectivity index (χ0v) is 13.4. The first-order chi connectivity index (χ1) is 11.7. The number of imide groups is 1. The van der Waals surface area contributed by atoms with Gasteiger partial charge in [-0.2, -0.15) is 0 Å². The van der Waals surface area contributed by atoms with Crippen LogP contribution in [0.5, 0.6) is 0 Å². The van der Waals surface area contributed by atoms with Gasteiger partial charge in [-0.1, -0.05) is 0 Å². The van der Waals surface area contributed by atoms with Crippen LogP contribution in [0.2, 0.25) is 0 Å². The van der Waals surface area contributed by atoms with Crippen LogP contribution in [0.1, 0.15) is 6.42 Å². The van der Waals surface area contributed by atoms with Gasteiger partial charge in [0.2, 0.25) is 11.9 Å². The van der Waals surface area contributed by atoms with Gasteiger partial charge in [0.25, 0.3) is 0 Å². The van der Waals surface area contributed by atoms with Gasteiger partial charge in [-0.15, -0.1) is 0 Å². The minimum atomic E-state index is -0.457. The molecule has 1 aromatic heterocycles. The van der Waals surface area contributed by atoms with Crippen LogP contribution in [0.25, 0.3) is 0 Å². The Labute approximate surface area is 140 Å². The molecule has 4 rings (SSSR count). The maximum Gasteiger partial charge on any atom is 0.330 e. The van der Waals surface area contributed by atoms with Gasteiger partial charge in [0.1, 0.15) is 0 Å². The Morgan fingerprint density at radius 2 is 1.75 bits per heavy atom. The summed E-state index contributed by atoms with van der Waals surface area (Å²) >= 11 is 0. The summed E-state index contributed by atoms with van der Waals surface area (Å²) in [6, 6.07) is 0.146. The molecule has 1 aromatic rings. The van der Waals surface area contributed by atoms with E-state index in [0.29, 0.717) is 18.5 Å². The maximum absolute atomic E-state index is 11.8. The second kappa shape index (κ2) is 6.33. The van der Waals surface area contributed by atoms with E-state index in [1.165, 1.54) is 4.90 Å². The fraction of sp³-hybridized carbons (Fsp3) is 0.600. The fourth-order valence-electron chi connectivity index (χ4n) is 3.32. The number of urea groups is 1. The zero-order chi connectivity index (χ0) is 16.5. The van der Waals surface area contributed by atoms with Crippen molar-refractivity contribution in [3.63, 3.8) is 0 Å². The Morgan fingerprint density at radius 1 is 1.04 bits per heavy atom. The molecular formula is C15H21N7O2. The molecule has 3 saturated heterocycles. The van der Waals surface area contributed by atoms with Gasteiger partial charge in [0, 0.05) is 58.3 Å². The smallest absolute Gasteiger partial charge is 0.330 e. The average Bonchev–Trinajstić information content (AvgIpc) is 2.55. The zero-order valence-electron chi connectivity index (χ0n) is 13.4. The van der Waals surface area contributed by atoms with Gasteiger partial charge in [-0.25, -0.2) is 14.8 Å². The third kappa shape index (κ3) is 2.92. The van der Waals surface area contributed by atoms with Crippen molar-refractivity contribution >= 4 is 23.6 Å². The summed E-state index contributed by atoms with van der Waals surface area (Å²) in [5.74, 6) is 0.0790. The summed E-state index contributed by atoms with van der Waals surface area (Å²) in [6.07, 6.45) is 3.77. The molecular weight excluding hydrogens is 310 g/mol. The number of nitrogens with one attached hydrogen (secondary N) is 2. The van der Waals surface area contributed by atoms with Gasteiger partial charge in [0.05, 0.1) is 18.1 Å². The maximum atomic E-state index is 11.8. The van der Waals surface area contributed by atoms with E-state index < -0.39 is 6.03 Å². The molecule has 3 fully saturated rings. The minimum absolute atomic E-state index is 0.257. The number of aromatic nitrogens is 2. The average molecular weight is 331 g/mol. The number of anilines is 2. The van der Waals surface area contributed by atoms with E-state index in [9.17, 15) is 9.59 Å². The topological polar surface area (TPSA) is 93.7 Å². The number of piperazine rings is 1. The van der Waals surface area contributed by atoms with Crippen LogP contribution in [-0.4, -0.2) is 78.7 Å². The van der Waals surface area contributed by atoms with E-state index in [1.807, 2.05) is 0 Å². The lowest BCUT2D eigenvalue weighted by Crippen LogP contribution is -2.62. The molecule has 9 heteroatoms. The van der Waals surface area contributed by atoms with Crippen LogP contribution in [0.15, 0.2) is 12.4 Å². The van der Waals surface area contributed by atoms with Crippen molar-refractivity contribution in [1.82, 2.24) is 25.5 Å². The molecule has 2 N–H and O–H groups in total. The highest BCUT2D eigenvalue weighted by Crippen LogP contribution is 2.24. The van der Waals surface area contributed by atoms with Gasteiger partial charge < -0.3 is 10.2 Å². The third-order valence-electron chi connectivity index (χ3n) is 4.82. The molecule has 0 aromatic carbocycles. The highest BCUT2D eigenvalue weighted by Gasteiger charge is 2.33. The molecule has 9 nitrogen and oxygen atoms in total. The van der Waals surface area contributed by atoms with Crippen molar-refractivity contribution in [3.05, 3.63) is 12.4 Å². The van der Waals surface area contributed by atoms with Gasteiger partial charge in [0.15, 0.2) is 0 Å². The highest BCUT2D eigenvalue weighted by atomic mass is 16.2. The first kappa shape index (κ1) is 15.3. The predicted molar refractivity (Wildman–Crippen MR) is 88.0 cm³/mol. The molecule has 0 atom stereocenters. The standard InChI is InChI=1S/C15H21N7O2/c23-13-1-4-22(15(24)19-13)14-17-7-11(8-18-14)21-9-12(10-21)20-5-2-16-3-6-20/h7-8,12,16H,1-6,9-10H2,(H,19,23,24). The van der Waals surface area contributed by atoms with Crippen molar-refractivity contribution in [2.75, 3.05) is 55.6 Å². The Kier molecular flexibility index (Phi) is 4.03. The van der Waals surface area contributed by atoms with Crippen LogP contribution in [0.4, 0.5) is 16.4 Å². The Balaban J connectivity index is 1.35. The summed E-state index contributed by atoms with van der Waals surface area (Å²) in [5, 5.41) is 5.65. The second-order valence-corrected chi connectivity index (χ2v) is 6.34. The SMILES string of the molecule is O=C1CCN(c2ncc(N3CC(N4CCNCC4)C3)cn2)C(=O)N1. The number of rotatable bonds is 3. The fourth-order valence-corrected chi connectivity index (χ4v) is 3.32. The molecule has 0 spiro atoms. The van der Waals surface area contributed by atoms with Gasteiger partial charge >= 0.3 is 6.03 Å². The summed E-state index contributed by atoms with van der Waals surface area (Å²) in [7, 11) is 0. The van der Waals surface area contributed by atoms with Crippen LogP contribution >= 0.6 is 0 Å². The van der Waals surface area contributed by atoms with Crippen molar-refractivity contribution in [2.24, 2.45) is 0 Å². The Morgan fingerprint density at radius 3 is 2.42 bits per heavy atom. The lowest BCUT2D eigenvalue weighted by molar-refractivity contribution is -0.120. The summed E-state index contributed by atoms with van der Waals surface area (Å²) in [5.41, 5.74) is 0.971. The van der Waals surface area contributed by atoms with Crippen molar-refractivity contribution in [1.29, 1.82) is 0 Å². The van der Waals surface area contributed by atoms with Crippen molar-refractivity contribution < 1.29 is 9.59 Å². The number of hydrogen-bond donors (Lipinski definition) is 2. The predicted octanol–water partition coefficient (Wildman–Crippen LogP) is -0.983. The summed E-state index contributed by atoms with van der Waals surface area (Å²) in [6.45, 7) is 6.64. The Bertz CT molecular complexity index is 623. The number of amides is 3. The van der Waals surface area contributed by atoms with E-state index in [1.54, 1.807) is 12.4 Å². The molecule has 3 amide bonds. The van der Waals surface area contributed by atoms with Gasteiger partial charge in [-0.05, 0) is 0 Å². The molecule has 0 bridgehead atoms. The molecule has 3 aliphatic heterocycles. The summed E-state index contributed by atoms with van der Waals surface area (Å²) in [4.78, 5) is 37.7. The van der Waals surface area contributed by atoms with Crippen LogP contribution < -0.4 is 20.4 Å². The molecule has 0 saturated carbocycles. The number of hydrogen-bond acceptors (Lipinski definition) is 7. The lowest BCUT2D eigenvalue weighted by Gasteiger charge is -2.47. The monoisotopic (exact) mass is 331 g/mol. The van der Waals surface area contributed by atoms with Crippen LogP contribution in [0, 0.1) is 0 Å². The number of carbonyl (C=O) groups excluding carboxylic acids is 2. The molecule has 24 heavy (non-hydrogen) atoms. The molecule has 128 valence electrons. The first-order valence-electron chi connectivity index (χ1n) is 8.34. The normalized spacial score (nSPS) is 23.2. The largest absolute Gasteiger partial charge is 0.366 e. The molecule has 0 radical (unpaired) electrons. The number of carbonyl (C=O) groups is 2. The van der Waals surface area contributed by atoms with E-state index in [2.05, 4.69) is 30.4 Å². The van der Waals surface area contributed by atoms with Crippen molar-refractivity contribution in [2.45, 2.75) is 12.5 Å². The lowest BCUT2D eigenvalue weighted by atomic mass is 10.1. The molecule has 4 heterocycles. The molecule has 3 aliphatic rings. The van der Waals surface area contributed by atoms with E-state index >= 15 is 0 Å². The second-order valence-electron chi connectivity index (χ2n) is 6.34. The minimum Gasteiger partial charge on any atom is -0.366 e. The van der Waals surface area contributed by atoms with E-state index in [0.717, 1.165) is 45.0 Å². The number of nitrogens with zero attached hydrogens (tertiary/aromatic N) is 5.